The minimum absolute atomic E-state index is 0.360. The fraction of sp³-hybridized carbons (Fsp3) is 0.250. The maximum absolute atomic E-state index is 12.4. The number of esters is 1. The number of hydrogen-bond acceptors (Lipinski definition) is 5. The normalized spacial score (nSPS) is 11.4. The molecular formula is C20H21BrN2O4S. The molecule has 6 nitrogen and oxygen atoms in total. The smallest absolute Gasteiger partial charge is 0.329 e. The molecular weight excluding hydrogens is 444 g/mol. The molecule has 0 radical (unpaired) electrons. The number of anilines is 1. The highest BCUT2D eigenvalue weighted by Gasteiger charge is 2.23. The molecule has 0 saturated carbocycles. The van der Waals surface area contributed by atoms with Gasteiger partial charge in [-0.05, 0) is 58.6 Å². The Morgan fingerprint density at radius 3 is 2.43 bits per heavy atom. The van der Waals surface area contributed by atoms with Crippen LogP contribution in [0, 0.1) is 0 Å². The third-order valence-electron chi connectivity index (χ3n) is 3.73. The Morgan fingerprint density at radius 1 is 1.07 bits per heavy atom. The molecule has 0 aromatic heterocycles. The lowest BCUT2D eigenvalue weighted by Gasteiger charge is -2.17. The summed E-state index contributed by atoms with van der Waals surface area (Å²) in [4.78, 5) is 36.8. The average Bonchev–Trinajstić information content (AvgIpc) is 2.71. The predicted molar refractivity (Wildman–Crippen MR) is 114 cm³/mol. The monoisotopic (exact) mass is 464 g/mol. The maximum atomic E-state index is 12.4. The van der Waals surface area contributed by atoms with E-state index in [1.807, 2.05) is 12.3 Å². The van der Waals surface area contributed by atoms with E-state index in [4.69, 9.17) is 4.74 Å². The van der Waals surface area contributed by atoms with Crippen LogP contribution >= 0.6 is 27.7 Å². The summed E-state index contributed by atoms with van der Waals surface area (Å²) in [5.41, 5.74) is 1.04. The Labute approximate surface area is 176 Å². The molecule has 148 valence electrons. The van der Waals surface area contributed by atoms with E-state index in [0.29, 0.717) is 23.4 Å². The van der Waals surface area contributed by atoms with Crippen molar-refractivity contribution in [3.05, 3.63) is 64.6 Å². The quantitative estimate of drug-likeness (QED) is 0.554. The van der Waals surface area contributed by atoms with E-state index in [-0.39, 0.29) is 5.91 Å². The van der Waals surface area contributed by atoms with Crippen molar-refractivity contribution in [2.45, 2.75) is 12.5 Å². The molecule has 2 rings (SSSR count). The molecule has 0 spiro atoms. The Morgan fingerprint density at radius 2 is 1.75 bits per heavy atom. The molecule has 0 aliphatic carbocycles. The summed E-state index contributed by atoms with van der Waals surface area (Å²) in [6, 6.07) is 14.9. The van der Waals surface area contributed by atoms with E-state index in [1.165, 1.54) is 0 Å². The first-order valence-electron chi connectivity index (χ1n) is 8.57. The Kier molecular flexibility index (Phi) is 9.03. The van der Waals surface area contributed by atoms with E-state index < -0.39 is 24.5 Å². The van der Waals surface area contributed by atoms with Gasteiger partial charge >= 0.3 is 5.97 Å². The summed E-state index contributed by atoms with van der Waals surface area (Å²) < 4.78 is 5.85. The second kappa shape index (κ2) is 11.5. The number of ether oxygens (including phenoxy) is 1. The van der Waals surface area contributed by atoms with E-state index in [1.54, 1.807) is 60.3 Å². The zero-order valence-corrected chi connectivity index (χ0v) is 17.7. The second-order valence-corrected chi connectivity index (χ2v) is 7.65. The fourth-order valence-corrected chi connectivity index (χ4v) is 3.16. The van der Waals surface area contributed by atoms with E-state index in [2.05, 4.69) is 26.6 Å². The number of para-hydroxylation sites is 1. The molecule has 0 aliphatic rings. The zero-order valence-electron chi connectivity index (χ0n) is 15.3. The van der Waals surface area contributed by atoms with Gasteiger partial charge in [-0.1, -0.05) is 30.3 Å². The number of halogens is 1. The lowest BCUT2D eigenvalue weighted by atomic mass is 10.1. The largest absolute Gasteiger partial charge is 0.454 e. The van der Waals surface area contributed by atoms with Gasteiger partial charge in [0.2, 0.25) is 0 Å². The van der Waals surface area contributed by atoms with Crippen LogP contribution in [0.3, 0.4) is 0 Å². The van der Waals surface area contributed by atoms with Gasteiger partial charge in [0.25, 0.3) is 11.8 Å². The number of hydrogen-bond donors (Lipinski definition) is 2. The Hall–Kier alpha value is -2.32. The Bertz CT molecular complexity index is 817. The standard InChI is InChI=1S/C20H21BrN2O4S/c1-28-12-11-17(23-19(25)14-7-3-2-4-8-14)20(26)27-13-18(24)22-16-10-6-5-9-15(16)21/h2-10,17H,11-13H2,1H3,(H,22,24)(H,23,25). The van der Waals surface area contributed by atoms with Crippen LogP contribution in [0.5, 0.6) is 0 Å². The van der Waals surface area contributed by atoms with Crippen LogP contribution in [0.4, 0.5) is 5.69 Å². The minimum Gasteiger partial charge on any atom is -0.454 e. The third kappa shape index (κ3) is 7.01. The van der Waals surface area contributed by atoms with Crippen LogP contribution in [0.15, 0.2) is 59.1 Å². The van der Waals surface area contributed by atoms with Crippen molar-refractivity contribution in [1.29, 1.82) is 0 Å². The number of carbonyl (C=O) groups is 3. The Balaban J connectivity index is 1.92. The third-order valence-corrected chi connectivity index (χ3v) is 5.07. The van der Waals surface area contributed by atoms with E-state index >= 15 is 0 Å². The van der Waals surface area contributed by atoms with Crippen molar-refractivity contribution >= 4 is 51.2 Å². The van der Waals surface area contributed by atoms with Gasteiger partial charge in [-0.25, -0.2) is 4.79 Å². The summed E-state index contributed by atoms with van der Waals surface area (Å²) in [5.74, 6) is -0.793. The van der Waals surface area contributed by atoms with Gasteiger partial charge in [0.1, 0.15) is 6.04 Å². The first kappa shape index (κ1) is 22.0. The number of thioether (sulfide) groups is 1. The predicted octanol–water partition coefficient (Wildman–Crippen LogP) is 3.48. The number of rotatable bonds is 9. The van der Waals surface area contributed by atoms with Crippen LogP contribution in [-0.2, 0) is 14.3 Å². The molecule has 0 bridgehead atoms. The van der Waals surface area contributed by atoms with Crippen molar-refractivity contribution in [2.75, 3.05) is 23.9 Å². The number of carbonyl (C=O) groups excluding carboxylic acids is 3. The van der Waals surface area contributed by atoms with Gasteiger partial charge < -0.3 is 15.4 Å². The van der Waals surface area contributed by atoms with Gasteiger partial charge in [-0.3, -0.25) is 9.59 Å². The first-order valence-corrected chi connectivity index (χ1v) is 10.8. The van der Waals surface area contributed by atoms with Gasteiger partial charge in [-0.2, -0.15) is 11.8 Å². The zero-order chi connectivity index (χ0) is 20.4. The molecule has 28 heavy (non-hydrogen) atoms. The molecule has 2 aromatic rings. The van der Waals surface area contributed by atoms with Gasteiger partial charge in [0.15, 0.2) is 6.61 Å². The summed E-state index contributed by atoms with van der Waals surface area (Å²) in [5, 5.41) is 5.34. The van der Waals surface area contributed by atoms with Gasteiger partial charge in [0.05, 0.1) is 5.69 Å². The summed E-state index contributed by atoms with van der Waals surface area (Å²) in [6.07, 6.45) is 2.32. The van der Waals surface area contributed by atoms with Crippen molar-refractivity contribution < 1.29 is 19.1 Å². The maximum Gasteiger partial charge on any atom is 0.329 e. The lowest BCUT2D eigenvalue weighted by molar-refractivity contribution is -0.149. The number of nitrogens with one attached hydrogen (secondary N) is 2. The van der Waals surface area contributed by atoms with Crippen LogP contribution < -0.4 is 10.6 Å². The highest BCUT2D eigenvalue weighted by Crippen LogP contribution is 2.20. The number of benzene rings is 2. The molecule has 0 aliphatic heterocycles. The van der Waals surface area contributed by atoms with E-state index in [9.17, 15) is 14.4 Å². The molecule has 2 N–H and O–H groups in total. The summed E-state index contributed by atoms with van der Waals surface area (Å²) >= 11 is 4.89. The molecule has 8 heteroatoms. The van der Waals surface area contributed by atoms with Gasteiger partial charge in [-0.15, -0.1) is 0 Å². The SMILES string of the molecule is CSCCC(NC(=O)c1ccccc1)C(=O)OCC(=O)Nc1ccccc1Br. The fourth-order valence-electron chi connectivity index (χ4n) is 2.30. The minimum atomic E-state index is -0.823. The molecule has 2 aromatic carbocycles. The highest BCUT2D eigenvalue weighted by molar-refractivity contribution is 9.10. The average molecular weight is 465 g/mol. The molecule has 1 atom stereocenters. The first-order chi connectivity index (χ1) is 13.5. The topological polar surface area (TPSA) is 84.5 Å². The van der Waals surface area contributed by atoms with Crippen molar-refractivity contribution in [1.82, 2.24) is 5.32 Å². The molecule has 1 unspecified atom stereocenters. The van der Waals surface area contributed by atoms with Crippen molar-refractivity contribution in [2.24, 2.45) is 0 Å². The van der Waals surface area contributed by atoms with Crippen LogP contribution in [-0.4, -0.2) is 42.4 Å². The molecule has 2 amide bonds. The molecule has 0 saturated heterocycles. The van der Waals surface area contributed by atoms with Crippen LogP contribution in [0.1, 0.15) is 16.8 Å². The van der Waals surface area contributed by atoms with Crippen molar-refractivity contribution in [3.8, 4) is 0 Å². The molecule has 0 heterocycles. The van der Waals surface area contributed by atoms with E-state index in [0.717, 1.165) is 4.47 Å². The van der Waals surface area contributed by atoms with Crippen LogP contribution in [0.2, 0.25) is 0 Å². The molecule has 0 fully saturated rings. The second-order valence-electron chi connectivity index (χ2n) is 5.81. The summed E-state index contributed by atoms with van der Waals surface area (Å²) in [7, 11) is 0. The number of amides is 2. The van der Waals surface area contributed by atoms with Crippen LogP contribution in [0.25, 0.3) is 0 Å². The summed E-state index contributed by atoms with van der Waals surface area (Å²) in [6.45, 7) is -0.433. The lowest BCUT2D eigenvalue weighted by Crippen LogP contribution is -2.43. The van der Waals surface area contributed by atoms with Crippen molar-refractivity contribution in [3.63, 3.8) is 0 Å². The highest BCUT2D eigenvalue weighted by atomic mass is 79.9. The van der Waals surface area contributed by atoms with Gasteiger partial charge in [0, 0.05) is 10.0 Å².